The second-order valence-electron chi connectivity index (χ2n) is 4.93. The molecule has 1 aliphatic heterocycles. The molecule has 2 aromatic rings. The fraction of sp³-hybridized carbons (Fsp3) is 0.357. The van der Waals surface area contributed by atoms with Crippen LogP contribution in [0.4, 0.5) is 5.69 Å². The molecule has 0 radical (unpaired) electrons. The summed E-state index contributed by atoms with van der Waals surface area (Å²) in [5, 5.41) is 11.6. The van der Waals surface area contributed by atoms with E-state index in [1.54, 1.807) is 25.1 Å². The number of aliphatic carboxylic acids is 1. The first-order valence-electron chi connectivity index (χ1n) is 6.59. The Morgan fingerprint density at radius 1 is 1.33 bits per heavy atom. The molecule has 1 amide bonds. The van der Waals surface area contributed by atoms with Gasteiger partial charge in [0.2, 0.25) is 0 Å². The van der Waals surface area contributed by atoms with Gasteiger partial charge in [0, 0.05) is 12.6 Å². The Morgan fingerprint density at radius 2 is 2.10 bits per heavy atom. The number of hydrogen-bond donors (Lipinski definition) is 2. The molecule has 7 nitrogen and oxygen atoms in total. The van der Waals surface area contributed by atoms with Crippen LogP contribution in [0, 0.1) is 6.92 Å². The zero-order valence-electron chi connectivity index (χ0n) is 11.3. The van der Waals surface area contributed by atoms with Gasteiger partial charge in [0.1, 0.15) is 11.6 Å². The zero-order chi connectivity index (χ0) is 15.0. The number of ether oxygens (including phenoxy) is 1. The van der Waals surface area contributed by atoms with Crippen LogP contribution < -0.4 is 5.32 Å². The van der Waals surface area contributed by atoms with E-state index in [1.807, 2.05) is 0 Å². The number of carbonyl (C=O) groups is 2. The quantitative estimate of drug-likeness (QED) is 0.892. The monoisotopic (exact) mass is 290 g/mol. The molecule has 1 aromatic carbocycles. The average Bonchev–Trinajstić information content (AvgIpc) is 3.03. The number of nitrogens with one attached hydrogen (secondary N) is 1. The number of oxazole rings is 1. The standard InChI is InChI=1S/C14H14N2O5/c1-7-15-9-6-8(2-3-10(9)20-7)16-13(17)11-4-5-12(21-11)14(18)19/h2-3,6,11-12H,4-5H2,1H3,(H,16,17)(H,18,19)/t11-,12+/m0/s1. The van der Waals surface area contributed by atoms with Crippen molar-refractivity contribution < 1.29 is 23.8 Å². The number of carbonyl (C=O) groups excluding carboxylic acids is 1. The number of nitrogens with zero attached hydrogens (tertiary/aromatic N) is 1. The van der Waals surface area contributed by atoms with Gasteiger partial charge in [-0.15, -0.1) is 0 Å². The summed E-state index contributed by atoms with van der Waals surface area (Å²) in [5.74, 6) is -0.833. The summed E-state index contributed by atoms with van der Waals surface area (Å²) in [6, 6.07) is 5.13. The number of fused-ring (bicyclic) bond motifs is 1. The van der Waals surface area contributed by atoms with Gasteiger partial charge >= 0.3 is 5.97 Å². The number of amides is 1. The third-order valence-electron chi connectivity index (χ3n) is 3.35. The molecule has 2 heterocycles. The highest BCUT2D eigenvalue weighted by atomic mass is 16.5. The normalized spacial score (nSPS) is 21.6. The number of rotatable bonds is 3. The number of carboxylic acids is 1. The maximum atomic E-state index is 12.1. The van der Waals surface area contributed by atoms with Gasteiger partial charge < -0.3 is 19.6 Å². The molecule has 1 aliphatic rings. The van der Waals surface area contributed by atoms with E-state index in [1.165, 1.54) is 0 Å². The van der Waals surface area contributed by atoms with Crippen LogP contribution in [0.1, 0.15) is 18.7 Å². The second-order valence-corrected chi connectivity index (χ2v) is 4.93. The van der Waals surface area contributed by atoms with E-state index in [9.17, 15) is 9.59 Å². The lowest BCUT2D eigenvalue weighted by Gasteiger charge is -2.11. The van der Waals surface area contributed by atoms with E-state index in [2.05, 4.69) is 10.3 Å². The zero-order valence-corrected chi connectivity index (χ0v) is 11.3. The van der Waals surface area contributed by atoms with E-state index in [4.69, 9.17) is 14.3 Å². The highest BCUT2D eigenvalue weighted by molar-refractivity contribution is 5.96. The SMILES string of the molecule is Cc1nc2cc(NC(=O)[C@@H]3CC[C@H](C(=O)O)O3)ccc2o1. The summed E-state index contributed by atoms with van der Waals surface area (Å²) in [6.07, 6.45) is -0.898. The van der Waals surface area contributed by atoms with Crippen molar-refractivity contribution in [3.8, 4) is 0 Å². The summed E-state index contributed by atoms with van der Waals surface area (Å²) < 4.78 is 10.6. The van der Waals surface area contributed by atoms with E-state index >= 15 is 0 Å². The second kappa shape index (κ2) is 5.17. The van der Waals surface area contributed by atoms with Crippen molar-refractivity contribution in [2.75, 3.05) is 5.32 Å². The minimum Gasteiger partial charge on any atom is -0.479 e. The van der Waals surface area contributed by atoms with Crippen molar-refractivity contribution in [1.82, 2.24) is 4.98 Å². The van der Waals surface area contributed by atoms with E-state index in [-0.39, 0.29) is 5.91 Å². The molecule has 2 N–H and O–H groups in total. The van der Waals surface area contributed by atoms with Crippen LogP contribution in [-0.2, 0) is 14.3 Å². The molecule has 1 fully saturated rings. The lowest BCUT2D eigenvalue weighted by Crippen LogP contribution is -2.29. The molecule has 21 heavy (non-hydrogen) atoms. The van der Waals surface area contributed by atoms with Crippen molar-refractivity contribution in [3.05, 3.63) is 24.1 Å². The molecule has 1 aromatic heterocycles. The Kier molecular flexibility index (Phi) is 3.34. The van der Waals surface area contributed by atoms with E-state index < -0.39 is 18.2 Å². The van der Waals surface area contributed by atoms with Gasteiger partial charge in [0.25, 0.3) is 5.91 Å². The molecule has 1 saturated heterocycles. The van der Waals surface area contributed by atoms with Crippen LogP contribution >= 0.6 is 0 Å². The van der Waals surface area contributed by atoms with Gasteiger partial charge in [-0.3, -0.25) is 4.79 Å². The van der Waals surface area contributed by atoms with Gasteiger partial charge in [-0.1, -0.05) is 0 Å². The number of aryl methyl sites for hydroxylation is 1. The molecule has 110 valence electrons. The maximum absolute atomic E-state index is 12.1. The van der Waals surface area contributed by atoms with Gasteiger partial charge in [0.05, 0.1) is 0 Å². The molecule has 3 rings (SSSR count). The Bertz CT molecular complexity index is 708. The lowest BCUT2D eigenvalue weighted by atomic mass is 10.2. The molecule has 0 aliphatic carbocycles. The first-order chi connectivity index (χ1) is 10.0. The third kappa shape index (κ3) is 2.73. The third-order valence-corrected chi connectivity index (χ3v) is 3.35. The summed E-state index contributed by atoms with van der Waals surface area (Å²) in [7, 11) is 0. The smallest absolute Gasteiger partial charge is 0.332 e. The molecule has 7 heteroatoms. The molecular weight excluding hydrogens is 276 g/mol. The van der Waals surface area contributed by atoms with Crippen molar-refractivity contribution in [1.29, 1.82) is 0 Å². The first kappa shape index (κ1) is 13.6. The van der Waals surface area contributed by atoms with E-state index in [0.29, 0.717) is 35.5 Å². The van der Waals surface area contributed by atoms with Gasteiger partial charge in [-0.05, 0) is 31.0 Å². The number of anilines is 1. The Morgan fingerprint density at radius 3 is 2.81 bits per heavy atom. The first-order valence-corrected chi connectivity index (χ1v) is 6.59. The topological polar surface area (TPSA) is 102 Å². The minimum absolute atomic E-state index is 0.342. The van der Waals surface area contributed by atoms with Crippen LogP contribution in [0.2, 0.25) is 0 Å². The van der Waals surface area contributed by atoms with Crippen molar-refractivity contribution in [2.24, 2.45) is 0 Å². The Labute approximate surface area is 119 Å². The van der Waals surface area contributed by atoms with Gasteiger partial charge in [-0.25, -0.2) is 9.78 Å². The molecule has 0 unspecified atom stereocenters. The highest BCUT2D eigenvalue weighted by Crippen LogP contribution is 2.23. The van der Waals surface area contributed by atoms with Crippen LogP contribution in [0.15, 0.2) is 22.6 Å². The molecule has 0 spiro atoms. The largest absolute Gasteiger partial charge is 0.479 e. The Hall–Kier alpha value is -2.41. The van der Waals surface area contributed by atoms with Crippen molar-refractivity contribution in [3.63, 3.8) is 0 Å². The summed E-state index contributed by atoms with van der Waals surface area (Å²) in [5.41, 5.74) is 1.87. The summed E-state index contributed by atoms with van der Waals surface area (Å²) in [6.45, 7) is 1.75. The van der Waals surface area contributed by atoms with Crippen molar-refractivity contribution in [2.45, 2.75) is 32.0 Å². The Balaban J connectivity index is 1.70. The van der Waals surface area contributed by atoms with Crippen LogP contribution in [0.5, 0.6) is 0 Å². The predicted molar refractivity (Wildman–Crippen MR) is 72.9 cm³/mol. The van der Waals surface area contributed by atoms with Crippen LogP contribution in [0.25, 0.3) is 11.1 Å². The number of benzene rings is 1. The predicted octanol–water partition coefficient (Wildman–Crippen LogP) is 1.71. The highest BCUT2D eigenvalue weighted by Gasteiger charge is 2.34. The summed E-state index contributed by atoms with van der Waals surface area (Å²) in [4.78, 5) is 27.0. The van der Waals surface area contributed by atoms with Crippen LogP contribution in [-0.4, -0.2) is 34.2 Å². The number of aromatic nitrogens is 1. The molecular formula is C14H14N2O5. The number of hydrogen-bond acceptors (Lipinski definition) is 5. The molecule has 0 saturated carbocycles. The fourth-order valence-corrected chi connectivity index (χ4v) is 2.35. The fourth-order valence-electron chi connectivity index (χ4n) is 2.35. The number of carboxylic acid groups (broad SMARTS) is 1. The molecule has 2 atom stereocenters. The van der Waals surface area contributed by atoms with Crippen molar-refractivity contribution >= 4 is 28.7 Å². The lowest BCUT2D eigenvalue weighted by molar-refractivity contribution is -0.150. The maximum Gasteiger partial charge on any atom is 0.332 e. The van der Waals surface area contributed by atoms with Crippen LogP contribution in [0.3, 0.4) is 0 Å². The summed E-state index contributed by atoms with van der Waals surface area (Å²) >= 11 is 0. The minimum atomic E-state index is -1.04. The van der Waals surface area contributed by atoms with E-state index in [0.717, 1.165) is 0 Å². The average molecular weight is 290 g/mol. The van der Waals surface area contributed by atoms with Gasteiger partial charge in [0.15, 0.2) is 17.6 Å². The molecule has 0 bridgehead atoms. The van der Waals surface area contributed by atoms with Gasteiger partial charge in [-0.2, -0.15) is 0 Å².